The molecule has 0 rings (SSSR count). The van der Waals surface area contributed by atoms with Crippen LogP contribution < -0.4 is 26.6 Å². The summed E-state index contributed by atoms with van der Waals surface area (Å²) >= 11 is 0. The van der Waals surface area contributed by atoms with Crippen molar-refractivity contribution in [3.63, 3.8) is 0 Å². The number of hydrogen-bond donors (Lipinski definition) is 9. The number of nitrogens with one attached hydrogen (secondary N) is 5. The molecule has 3 atom stereocenters. The Labute approximate surface area is 404 Å². The lowest BCUT2D eigenvalue weighted by Gasteiger charge is -2.18. The van der Waals surface area contributed by atoms with E-state index in [1.807, 2.05) is 0 Å². The number of amides is 5. The van der Waals surface area contributed by atoms with E-state index in [4.69, 9.17) is 24.1 Å². The summed E-state index contributed by atoms with van der Waals surface area (Å²) in [4.78, 5) is 118. The summed E-state index contributed by atoms with van der Waals surface area (Å²) in [5.74, 6) is -8.11. The molecule has 396 valence electrons. The van der Waals surface area contributed by atoms with Gasteiger partial charge in [0.15, 0.2) is 5.78 Å². The fourth-order valence-electron chi connectivity index (χ4n) is 6.57. The van der Waals surface area contributed by atoms with Gasteiger partial charge in [-0.2, -0.15) is 0 Å². The SMILES string of the molecule is CC(=O)COCCOCCNC(=O)COCCOCCNC(=O)CC[C@H](NC(=O)CC[C@H](NC(=O)CC[C@H](NC(=O)CCCCCCCCCCCCCCCCC(=O)O)C(=O)O)C(=O)O)C(=O)O. The Morgan fingerprint density at radius 1 is 0.362 bits per heavy atom. The molecule has 0 aromatic carbocycles. The van der Waals surface area contributed by atoms with E-state index in [1.165, 1.54) is 32.6 Å². The minimum atomic E-state index is -1.56. The van der Waals surface area contributed by atoms with Gasteiger partial charge in [-0.25, -0.2) is 14.4 Å². The zero-order valence-corrected chi connectivity index (χ0v) is 40.4. The van der Waals surface area contributed by atoms with Crippen LogP contribution in [0.4, 0.5) is 0 Å². The molecule has 0 aliphatic heterocycles. The first kappa shape index (κ1) is 63.7. The van der Waals surface area contributed by atoms with Gasteiger partial charge in [-0.3, -0.25) is 33.6 Å². The van der Waals surface area contributed by atoms with Crippen LogP contribution in [0.25, 0.3) is 0 Å². The van der Waals surface area contributed by atoms with Crippen molar-refractivity contribution in [2.45, 2.75) is 166 Å². The fourth-order valence-corrected chi connectivity index (χ4v) is 6.57. The summed E-state index contributed by atoms with van der Waals surface area (Å²) in [7, 11) is 0. The molecule has 0 saturated carbocycles. The van der Waals surface area contributed by atoms with Crippen molar-refractivity contribution in [3.05, 3.63) is 0 Å². The number of carboxylic acids is 4. The molecule has 0 aromatic rings. The third-order valence-electron chi connectivity index (χ3n) is 10.3. The second-order valence-corrected chi connectivity index (χ2v) is 16.6. The highest BCUT2D eigenvalue weighted by atomic mass is 16.5. The molecule has 0 heterocycles. The number of unbranched alkanes of at least 4 members (excludes halogenated alkanes) is 13. The standard InChI is InChI=1S/C46H79N5O18/c1-34(52)32-68-30-28-67-27-25-48-42(57)33-69-31-29-66-26-24-47-38(53)21-18-35(44(60)61)50-40(55)23-20-37(46(64)65)51-41(56)22-19-36(45(62)63)49-39(54)16-14-12-10-8-6-4-2-3-5-7-9-11-13-15-17-43(58)59/h35-37H,2-33H2,1H3,(H,47,53)(H,48,57)(H,49,54)(H,50,55)(H,51,56)(H,58,59)(H,60,61)(H,62,63)(H,64,65)/t35-,36-,37-/m0/s1. The summed E-state index contributed by atoms with van der Waals surface area (Å²) in [6.07, 6.45) is 12.4. The summed E-state index contributed by atoms with van der Waals surface area (Å²) in [6, 6.07) is -4.41. The van der Waals surface area contributed by atoms with Gasteiger partial charge in [0.2, 0.25) is 29.5 Å². The van der Waals surface area contributed by atoms with Crippen LogP contribution in [0.3, 0.4) is 0 Å². The largest absolute Gasteiger partial charge is 0.481 e. The van der Waals surface area contributed by atoms with Crippen molar-refractivity contribution in [2.24, 2.45) is 0 Å². The highest BCUT2D eigenvalue weighted by Gasteiger charge is 2.26. The third-order valence-corrected chi connectivity index (χ3v) is 10.3. The number of aliphatic carboxylic acids is 4. The van der Waals surface area contributed by atoms with Crippen molar-refractivity contribution in [1.82, 2.24) is 26.6 Å². The second-order valence-electron chi connectivity index (χ2n) is 16.6. The van der Waals surface area contributed by atoms with Crippen LogP contribution in [0, 0.1) is 0 Å². The molecule has 0 radical (unpaired) electrons. The number of rotatable bonds is 48. The van der Waals surface area contributed by atoms with Crippen LogP contribution >= 0.6 is 0 Å². The van der Waals surface area contributed by atoms with E-state index in [0.29, 0.717) is 6.42 Å². The minimum absolute atomic E-state index is 0.0224. The number of carboxylic acid groups (broad SMARTS) is 4. The Morgan fingerprint density at radius 2 is 0.681 bits per heavy atom. The van der Waals surface area contributed by atoms with Gasteiger partial charge in [0.25, 0.3) is 0 Å². The maximum absolute atomic E-state index is 12.6. The summed E-state index contributed by atoms with van der Waals surface area (Å²) < 4.78 is 20.9. The molecule has 9 N–H and O–H groups in total. The van der Waals surface area contributed by atoms with Gasteiger partial charge in [-0.1, -0.05) is 77.0 Å². The van der Waals surface area contributed by atoms with Crippen molar-refractivity contribution < 1.29 is 87.3 Å². The summed E-state index contributed by atoms with van der Waals surface area (Å²) in [6.45, 7) is 2.72. The number of carbonyl (C=O) groups is 10. The molecule has 69 heavy (non-hydrogen) atoms. The monoisotopic (exact) mass is 990 g/mol. The number of hydrogen-bond acceptors (Lipinski definition) is 14. The highest BCUT2D eigenvalue weighted by Crippen LogP contribution is 2.14. The average Bonchev–Trinajstić information content (AvgIpc) is 3.28. The smallest absolute Gasteiger partial charge is 0.326 e. The molecule has 0 spiro atoms. The molecule has 0 fully saturated rings. The van der Waals surface area contributed by atoms with Crippen LogP contribution in [-0.4, -0.2) is 164 Å². The lowest BCUT2D eigenvalue weighted by atomic mass is 10.0. The molecular formula is C46H79N5O18. The predicted molar refractivity (Wildman–Crippen MR) is 248 cm³/mol. The molecule has 0 aliphatic carbocycles. The van der Waals surface area contributed by atoms with Crippen molar-refractivity contribution in [3.8, 4) is 0 Å². The lowest BCUT2D eigenvalue weighted by Crippen LogP contribution is -2.45. The number of carbonyl (C=O) groups excluding carboxylic acids is 6. The Morgan fingerprint density at radius 3 is 1.06 bits per heavy atom. The quantitative estimate of drug-likeness (QED) is 0.0395. The van der Waals surface area contributed by atoms with Gasteiger partial charge in [0.05, 0.1) is 39.6 Å². The van der Waals surface area contributed by atoms with Crippen LogP contribution in [0.1, 0.15) is 148 Å². The molecule has 0 aromatic heterocycles. The molecule has 23 nitrogen and oxygen atoms in total. The van der Waals surface area contributed by atoms with Gasteiger partial charge >= 0.3 is 23.9 Å². The zero-order valence-electron chi connectivity index (χ0n) is 40.4. The average molecular weight is 990 g/mol. The Kier molecular flexibility index (Phi) is 39.5. The highest BCUT2D eigenvalue weighted by molar-refractivity contribution is 5.87. The van der Waals surface area contributed by atoms with E-state index in [-0.39, 0.29) is 110 Å². The first-order valence-corrected chi connectivity index (χ1v) is 24.1. The maximum atomic E-state index is 12.6. The molecule has 23 heteroatoms. The van der Waals surface area contributed by atoms with Gasteiger partial charge in [-0.15, -0.1) is 0 Å². The zero-order chi connectivity index (χ0) is 51.5. The van der Waals surface area contributed by atoms with Crippen LogP contribution in [0.15, 0.2) is 0 Å². The summed E-state index contributed by atoms with van der Waals surface area (Å²) in [5, 5.41) is 49.5. The van der Waals surface area contributed by atoms with Gasteiger partial charge < -0.3 is 66.0 Å². The van der Waals surface area contributed by atoms with E-state index in [0.717, 1.165) is 57.8 Å². The normalized spacial score (nSPS) is 12.2. The molecule has 5 amide bonds. The van der Waals surface area contributed by atoms with Crippen LogP contribution in [0.5, 0.6) is 0 Å². The topological polar surface area (TPSA) is 349 Å². The van der Waals surface area contributed by atoms with Gasteiger partial charge in [0, 0.05) is 45.2 Å². The van der Waals surface area contributed by atoms with E-state index in [9.17, 15) is 63.3 Å². The minimum Gasteiger partial charge on any atom is -0.481 e. The van der Waals surface area contributed by atoms with E-state index >= 15 is 0 Å². The van der Waals surface area contributed by atoms with E-state index in [1.54, 1.807) is 0 Å². The molecule has 0 saturated heterocycles. The van der Waals surface area contributed by atoms with Crippen molar-refractivity contribution in [2.75, 3.05) is 65.9 Å². The molecular weight excluding hydrogens is 911 g/mol. The lowest BCUT2D eigenvalue weighted by molar-refractivity contribution is -0.144. The van der Waals surface area contributed by atoms with Crippen molar-refractivity contribution in [1.29, 1.82) is 0 Å². The van der Waals surface area contributed by atoms with E-state index in [2.05, 4.69) is 26.6 Å². The Hall–Kier alpha value is -5.26. The van der Waals surface area contributed by atoms with Gasteiger partial charge in [0.1, 0.15) is 31.3 Å². The number of Topliss-reactive ketones (excluding diaryl/α,β-unsaturated/α-hetero) is 1. The van der Waals surface area contributed by atoms with Crippen LogP contribution in [-0.2, 0) is 66.9 Å². The number of ketones is 1. The van der Waals surface area contributed by atoms with Gasteiger partial charge in [-0.05, 0) is 39.0 Å². The van der Waals surface area contributed by atoms with Crippen molar-refractivity contribution >= 4 is 59.2 Å². The second kappa shape index (κ2) is 42.8. The number of ether oxygens (including phenoxy) is 4. The first-order valence-electron chi connectivity index (χ1n) is 24.1. The van der Waals surface area contributed by atoms with E-state index < -0.39 is 84.9 Å². The third kappa shape index (κ3) is 41.4. The first-order chi connectivity index (χ1) is 33.0. The maximum Gasteiger partial charge on any atom is 0.326 e. The van der Waals surface area contributed by atoms with Crippen LogP contribution in [0.2, 0.25) is 0 Å². The fraction of sp³-hybridized carbons (Fsp3) is 0.783. The Balaban J connectivity index is 4.24. The summed E-state index contributed by atoms with van der Waals surface area (Å²) in [5.41, 5.74) is 0. The molecule has 0 bridgehead atoms. The molecule has 0 unspecified atom stereocenters. The Bertz CT molecular complexity index is 1530. The predicted octanol–water partition coefficient (Wildman–Crippen LogP) is 2.25. The molecule has 0 aliphatic rings.